The molecule has 0 radical (unpaired) electrons. The van der Waals surface area contributed by atoms with Gasteiger partial charge in [0.15, 0.2) is 0 Å². The molecular weight excluding hydrogens is 298 g/mol. The number of benzene rings is 1. The molecular formula is C17H22ClN3O. The highest BCUT2D eigenvalue weighted by Gasteiger charge is 2.49. The normalized spacial score (nSPS) is 27.7. The van der Waals surface area contributed by atoms with Crippen molar-refractivity contribution in [3.8, 4) is 0 Å². The summed E-state index contributed by atoms with van der Waals surface area (Å²) >= 11 is 5.99. The maximum atomic E-state index is 11.5. The van der Waals surface area contributed by atoms with Crippen LogP contribution in [0, 0.1) is 11.3 Å². The Morgan fingerprint density at radius 3 is 2.68 bits per heavy atom. The minimum atomic E-state index is -0.846. The summed E-state index contributed by atoms with van der Waals surface area (Å²) in [4.78, 5) is 4.00. The fourth-order valence-corrected chi connectivity index (χ4v) is 3.68. The van der Waals surface area contributed by atoms with Crippen LogP contribution in [0.15, 0.2) is 36.9 Å². The summed E-state index contributed by atoms with van der Waals surface area (Å²) in [6.45, 7) is 5.09. The highest BCUT2D eigenvalue weighted by Crippen LogP contribution is 2.52. The number of nitrogens with zero attached hydrogens (tertiary/aromatic N) is 3. The van der Waals surface area contributed by atoms with E-state index in [1.807, 2.05) is 28.9 Å². The maximum absolute atomic E-state index is 11.5. The van der Waals surface area contributed by atoms with Gasteiger partial charge in [0.05, 0.1) is 5.60 Å². The Morgan fingerprint density at radius 2 is 2.05 bits per heavy atom. The summed E-state index contributed by atoms with van der Waals surface area (Å²) in [5.74, 6) is 0.385. The molecule has 2 aromatic rings. The number of hydrogen-bond acceptors (Lipinski definition) is 3. The topological polar surface area (TPSA) is 50.9 Å². The van der Waals surface area contributed by atoms with Crippen LogP contribution in [0.5, 0.6) is 0 Å². The molecule has 3 rings (SSSR count). The van der Waals surface area contributed by atoms with Crippen molar-refractivity contribution in [3.63, 3.8) is 0 Å². The summed E-state index contributed by atoms with van der Waals surface area (Å²) < 4.78 is 1.85. The van der Waals surface area contributed by atoms with Crippen molar-refractivity contribution in [2.24, 2.45) is 11.3 Å². The average Bonchev–Trinajstić information content (AvgIpc) is 2.97. The van der Waals surface area contributed by atoms with E-state index in [9.17, 15) is 5.11 Å². The first-order valence-corrected chi connectivity index (χ1v) is 8.09. The molecule has 0 bridgehead atoms. The van der Waals surface area contributed by atoms with Crippen LogP contribution in [-0.2, 0) is 12.1 Å². The minimum absolute atomic E-state index is 0.167. The first-order valence-electron chi connectivity index (χ1n) is 7.71. The van der Waals surface area contributed by atoms with Crippen LogP contribution >= 0.6 is 11.6 Å². The Morgan fingerprint density at radius 1 is 1.32 bits per heavy atom. The first-order chi connectivity index (χ1) is 10.4. The van der Waals surface area contributed by atoms with Crippen LogP contribution in [0.3, 0.4) is 0 Å². The molecule has 5 heteroatoms. The summed E-state index contributed by atoms with van der Waals surface area (Å²) in [6, 6.07) is 7.60. The molecule has 0 amide bonds. The summed E-state index contributed by atoms with van der Waals surface area (Å²) in [5.41, 5.74) is -0.0639. The third kappa shape index (κ3) is 2.77. The van der Waals surface area contributed by atoms with Gasteiger partial charge in [-0.05, 0) is 48.3 Å². The van der Waals surface area contributed by atoms with E-state index in [-0.39, 0.29) is 5.41 Å². The van der Waals surface area contributed by atoms with E-state index in [4.69, 9.17) is 11.6 Å². The predicted molar refractivity (Wildman–Crippen MR) is 86.5 cm³/mol. The second-order valence-corrected chi connectivity index (χ2v) is 7.41. The average molecular weight is 320 g/mol. The Balaban J connectivity index is 1.86. The zero-order valence-corrected chi connectivity index (χ0v) is 13.8. The Bertz CT molecular complexity index is 624. The van der Waals surface area contributed by atoms with E-state index in [0.29, 0.717) is 10.9 Å². The SMILES string of the molecule is CC1(C)CC[C@H](Cn2cncn2)C[C@@]1(O)c1ccc(Cl)cc1. The molecule has 118 valence electrons. The van der Waals surface area contributed by atoms with Crippen LogP contribution in [0.4, 0.5) is 0 Å². The van der Waals surface area contributed by atoms with Gasteiger partial charge in [0.25, 0.3) is 0 Å². The van der Waals surface area contributed by atoms with Gasteiger partial charge in [-0.15, -0.1) is 0 Å². The molecule has 1 saturated carbocycles. The molecule has 1 heterocycles. The van der Waals surface area contributed by atoms with Crippen LogP contribution < -0.4 is 0 Å². The van der Waals surface area contributed by atoms with Gasteiger partial charge in [-0.2, -0.15) is 5.10 Å². The molecule has 0 spiro atoms. The Labute approximate surface area is 136 Å². The van der Waals surface area contributed by atoms with Crippen molar-refractivity contribution < 1.29 is 5.11 Å². The molecule has 4 nitrogen and oxygen atoms in total. The maximum Gasteiger partial charge on any atom is 0.137 e. The van der Waals surface area contributed by atoms with Crippen LogP contribution in [0.2, 0.25) is 5.02 Å². The molecule has 1 aromatic heterocycles. The van der Waals surface area contributed by atoms with Gasteiger partial charge in [0, 0.05) is 11.6 Å². The van der Waals surface area contributed by atoms with Crippen LogP contribution in [0.25, 0.3) is 0 Å². The predicted octanol–water partition coefficient (Wildman–Crippen LogP) is 3.65. The lowest BCUT2D eigenvalue weighted by atomic mass is 9.60. The second-order valence-electron chi connectivity index (χ2n) is 6.98. The van der Waals surface area contributed by atoms with Gasteiger partial charge >= 0.3 is 0 Å². The van der Waals surface area contributed by atoms with E-state index in [1.54, 1.807) is 12.7 Å². The highest BCUT2D eigenvalue weighted by molar-refractivity contribution is 6.30. The van der Waals surface area contributed by atoms with Crippen molar-refractivity contribution in [3.05, 3.63) is 47.5 Å². The van der Waals surface area contributed by atoms with Crippen molar-refractivity contribution >= 4 is 11.6 Å². The quantitative estimate of drug-likeness (QED) is 0.939. The number of rotatable bonds is 3. The number of hydrogen-bond donors (Lipinski definition) is 1. The fourth-order valence-electron chi connectivity index (χ4n) is 3.55. The first kappa shape index (κ1) is 15.5. The van der Waals surface area contributed by atoms with Crippen molar-refractivity contribution in [2.45, 2.75) is 45.3 Å². The summed E-state index contributed by atoms with van der Waals surface area (Å²) in [7, 11) is 0. The van der Waals surface area contributed by atoms with Gasteiger partial charge in [-0.25, -0.2) is 4.98 Å². The fraction of sp³-hybridized carbons (Fsp3) is 0.529. The standard InChI is InChI=1S/C17H22ClN3O/c1-16(2)8-7-13(10-21-12-19-11-20-21)9-17(16,22)14-3-5-15(18)6-4-14/h3-6,11-13,22H,7-10H2,1-2H3/t13-,17+/m0/s1. The van der Waals surface area contributed by atoms with Gasteiger partial charge in [-0.1, -0.05) is 37.6 Å². The Kier molecular flexibility index (Phi) is 4.00. The second kappa shape index (κ2) is 5.67. The zero-order chi connectivity index (χ0) is 15.8. The molecule has 0 aliphatic heterocycles. The van der Waals surface area contributed by atoms with Crippen molar-refractivity contribution in [1.82, 2.24) is 14.8 Å². The summed E-state index contributed by atoms with van der Waals surface area (Å²) in [6.07, 6.45) is 6.08. The van der Waals surface area contributed by atoms with Gasteiger partial charge in [-0.3, -0.25) is 4.68 Å². The third-order valence-electron chi connectivity index (χ3n) is 5.11. The monoisotopic (exact) mass is 319 g/mol. The zero-order valence-electron chi connectivity index (χ0n) is 13.0. The van der Waals surface area contributed by atoms with E-state index in [1.165, 1.54) is 0 Å². The van der Waals surface area contributed by atoms with Gasteiger partial charge in [0.1, 0.15) is 12.7 Å². The van der Waals surface area contributed by atoms with Gasteiger partial charge in [0.2, 0.25) is 0 Å². The number of halogens is 1. The highest BCUT2D eigenvalue weighted by atomic mass is 35.5. The van der Waals surface area contributed by atoms with E-state index in [0.717, 1.165) is 31.4 Å². The summed E-state index contributed by atoms with van der Waals surface area (Å²) in [5, 5.41) is 16.4. The van der Waals surface area contributed by atoms with Crippen molar-refractivity contribution in [2.75, 3.05) is 0 Å². The van der Waals surface area contributed by atoms with Crippen molar-refractivity contribution in [1.29, 1.82) is 0 Å². The molecule has 22 heavy (non-hydrogen) atoms. The molecule has 0 unspecified atom stereocenters. The molecule has 1 fully saturated rings. The third-order valence-corrected chi connectivity index (χ3v) is 5.37. The molecule has 1 aliphatic rings. The van der Waals surface area contributed by atoms with Crippen LogP contribution in [0.1, 0.15) is 38.7 Å². The molecule has 1 aliphatic carbocycles. The molecule has 0 saturated heterocycles. The Hall–Kier alpha value is -1.39. The molecule has 1 aromatic carbocycles. The van der Waals surface area contributed by atoms with E-state index < -0.39 is 5.60 Å². The van der Waals surface area contributed by atoms with Crippen LogP contribution in [-0.4, -0.2) is 19.9 Å². The lowest BCUT2D eigenvalue weighted by Crippen LogP contribution is -2.47. The van der Waals surface area contributed by atoms with Gasteiger partial charge < -0.3 is 5.11 Å². The number of aliphatic hydroxyl groups is 1. The lowest BCUT2D eigenvalue weighted by molar-refractivity contribution is -0.122. The largest absolute Gasteiger partial charge is 0.385 e. The molecule has 2 atom stereocenters. The molecule has 1 N–H and O–H groups in total. The van der Waals surface area contributed by atoms with E-state index in [2.05, 4.69) is 23.9 Å². The minimum Gasteiger partial charge on any atom is -0.385 e. The number of aromatic nitrogens is 3. The van der Waals surface area contributed by atoms with E-state index >= 15 is 0 Å². The smallest absolute Gasteiger partial charge is 0.137 e. The lowest BCUT2D eigenvalue weighted by Gasteiger charge is -2.49.